The summed E-state index contributed by atoms with van der Waals surface area (Å²) in [6, 6.07) is 47.5. The van der Waals surface area contributed by atoms with Gasteiger partial charge in [0, 0.05) is 39.2 Å². The van der Waals surface area contributed by atoms with E-state index in [0.29, 0.717) is 27.8 Å². The molecular weight excluding hydrogens is 478 g/mol. The number of carbonyl (C=O) groups is 1. The molecule has 7 rings (SSSR count). The van der Waals surface area contributed by atoms with E-state index >= 15 is 0 Å². The fourth-order valence-corrected chi connectivity index (χ4v) is 5.86. The molecule has 1 unspecified atom stereocenters. The van der Waals surface area contributed by atoms with Crippen LogP contribution in [0.15, 0.2) is 146 Å². The van der Waals surface area contributed by atoms with Crippen LogP contribution in [0.5, 0.6) is 0 Å². The summed E-state index contributed by atoms with van der Waals surface area (Å²) in [6.07, 6.45) is 0. The Bertz CT molecular complexity index is 1810. The van der Waals surface area contributed by atoms with E-state index in [4.69, 9.17) is 0 Å². The Hall–Kier alpha value is -4.99. The molecule has 0 saturated carbocycles. The van der Waals surface area contributed by atoms with Crippen LogP contribution in [0.3, 0.4) is 0 Å². The highest BCUT2D eigenvalue weighted by atomic mass is 16.3. The number of rotatable bonds is 4. The molecule has 1 atom stereocenters. The smallest absolute Gasteiger partial charge is 0.193 e. The number of carbonyl (C=O) groups excluding carboxylic acids is 1. The molecule has 3 nitrogen and oxygen atoms in total. The minimum absolute atomic E-state index is 0.0727. The molecule has 0 radical (unpaired) electrons. The monoisotopic (exact) mass is 503 g/mol. The number of para-hydroxylation sites is 3. The Morgan fingerprint density at radius 2 is 1.00 bits per heavy atom. The first-order chi connectivity index (χ1) is 19.2. The van der Waals surface area contributed by atoms with Gasteiger partial charge in [0.05, 0.1) is 5.69 Å². The molecule has 0 aromatic heterocycles. The van der Waals surface area contributed by atoms with Gasteiger partial charge in [-0.15, -0.1) is 0 Å². The predicted molar refractivity (Wildman–Crippen MR) is 157 cm³/mol. The minimum atomic E-state index is -1.57. The van der Waals surface area contributed by atoms with E-state index in [0.717, 1.165) is 27.8 Å². The molecule has 6 aromatic rings. The average molecular weight is 504 g/mol. The third-order valence-electron chi connectivity index (χ3n) is 7.65. The van der Waals surface area contributed by atoms with Crippen LogP contribution < -0.4 is 4.90 Å². The summed E-state index contributed by atoms with van der Waals surface area (Å²) >= 11 is 0. The third-order valence-corrected chi connectivity index (χ3v) is 7.65. The van der Waals surface area contributed by atoms with Gasteiger partial charge in [0.1, 0.15) is 5.60 Å². The van der Waals surface area contributed by atoms with Crippen molar-refractivity contribution in [2.45, 2.75) is 5.60 Å². The predicted octanol–water partition coefficient (Wildman–Crippen LogP) is 8.14. The van der Waals surface area contributed by atoms with Gasteiger partial charge >= 0.3 is 0 Å². The number of anilines is 3. The van der Waals surface area contributed by atoms with E-state index in [1.807, 2.05) is 121 Å². The van der Waals surface area contributed by atoms with E-state index in [1.54, 1.807) is 0 Å². The number of fused-ring (bicyclic) bond motifs is 3. The highest BCUT2D eigenvalue weighted by Crippen LogP contribution is 2.50. The lowest BCUT2D eigenvalue weighted by atomic mass is 9.69. The molecule has 0 fully saturated rings. The topological polar surface area (TPSA) is 40.5 Å². The molecule has 0 amide bonds. The molecule has 0 bridgehead atoms. The summed E-state index contributed by atoms with van der Waals surface area (Å²) in [5.74, 6) is -0.0727. The number of benzene rings is 6. The summed E-state index contributed by atoms with van der Waals surface area (Å²) in [7, 11) is 0. The second-order valence-electron chi connectivity index (χ2n) is 9.85. The highest BCUT2D eigenvalue weighted by molar-refractivity contribution is 6.15. The van der Waals surface area contributed by atoms with E-state index in [9.17, 15) is 9.90 Å². The fourth-order valence-electron chi connectivity index (χ4n) is 5.86. The molecule has 0 saturated heterocycles. The molecular formula is C36H25NO2. The van der Waals surface area contributed by atoms with E-state index in [2.05, 4.69) is 29.2 Å². The van der Waals surface area contributed by atoms with Crippen LogP contribution in [0.25, 0.3) is 10.8 Å². The quantitative estimate of drug-likeness (QED) is 0.264. The third kappa shape index (κ3) is 3.59. The molecule has 0 spiro atoms. The molecule has 1 aliphatic carbocycles. The molecule has 3 heteroatoms. The van der Waals surface area contributed by atoms with Gasteiger partial charge < -0.3 is 10.0 Å². The number of hydrogen-bond donors (Lipinski definition) is 1. The van der Waals surface area contributed by atoms with Crippen LogP contribution in [0, 0.1) is 0 Å². The van der Waals surface area contributed by atoms with Gasteiger partial charge in [-0.3, -0.25) is 4.79 Å². The summed E-state index contributed by atoms with van der Waals surface area (Å²) in [4.78, 5) is 16.0. The van der Waals surface area contributed by atoms with Crippen molar-refractivity contribution in [1.82, 2.24) is 0 Å². The molecule has 6 aromatic carbocycles. The highest BCUT2D eigenvalue weighted by Gasteiger charge is 2.45. The maximum Gasteiger partial charge on any atom is 0.193 e. The van der Waals surface area contributed by atoms with Crippen molar-refractivity contribution < 1.29 is 9.90 Å². The summed E-state index contributed by atoms with van der Waals surface area (Å²) < 4.78 is 0. The SMILES string of the molecule is O=C1c2ccccc2C(O)(c2ccccc2N(c2ccccc2)c2ccccc2)c2cc3ccccc3cc21. The van der Waals surface area contributed by atoms with Gasteiger partial charge in [0.2, 0.25) is 0 Å². The first-order valence-corrected chi connectivity index (χ1v) is 13.1. The van der Waals surface area contributed by atoms with Gasteiger partial charge in [-0.1, -0.05) is 103 Å². The maximum absolute atomic E-state index is 13.8. The van der Waals surface area contributed by atoms with Crippen LogP contribution in [-0.4, -0.2) is 10.9 Å². The van der Waals surface area contributed by atoms with Crippen molar-refractivity contribution in [3.63, 3.8) is 0 Å². The Balaban J connectivity index is 1.56. The van der Waals surface area contributed by atoms with E-state index in [1.165, 1.54) is 0 Å². The molecule has 1 N–H and O–H groups in total. The van der Waals surface area contributed by atoms with E-state index in [-0.39, 0.29) is 5.78 Å². The van der Waals surface area contributed by atoms with Gasteiger partial charge in [-0.2, -0.15) is 0 Å². The number of ketones is 1. The number of nitrogens with zero attached hydrogens (tertiary/aromatic N) is 1. The lowest BCUT2D eigenvalue weighted by Gasteiger charge is -2.39. The van der Waals surface area contributed by atoms with Crippen LogP contribution in [-0.2, 0) is 5.60 Å². The standard InChI is InChI=1S/C36H25NO2/c38-35-29-19-9-10-20-31(29)36(39,33-24-26-14-8-7-13-25(26)23-30(33)35)32-21-11-12-22-34(32)37(27-15-3-1-4-16-27)28-17-5-2-6-18-28/h1-24,39H. The second kappa shape index (κ2) is 9.09. The molecule has 0 aliphatic heterocycles. The van der Waals surface area contributed by atoms with Crippen molar-refractivity contribution in [2.75, 3.05) is 4.90 Å². The molecule has 39 heavy (non-hydrogen) atoms. The van der Waals surface area contributed by atoms with Gasteiger partial charge in [0.25, 0.3) is 0 Å². The first kappa shape index (κ1) is 23.2. The lowest BCUT2D eigenvalue weighted by Crippen LogP contribution is -2.37. The zero-order valence-electron chi connectivity index (χ0n) is 21.2. The Morgan fingerprint density at radius 3 is 1.67 bits per heavy atom. The van der Waals surface area contributed by atoms with Gasteiger partial charge in [-0.05, 0) is 53.2 Å². The molecule has 186 valence electrons. The van der Waals surface area contributed by atoms with Crippen LogP contribution in [0.4, 0.5) is 17.1 Å². The largest absolute Gasteiger partial charge is 0.376 e. The van der Waals surface area contributed by atoms with E-state index < -0.39 is 5.60 Å². The second-order valence-corrected chi connectivity index (χ2v) is 9.85. The number of hydrogen-bond acceptors (Lipinski definition) is 3. The van der Waals surface area contributed by atoms with Crippen molar-refractivity contribution in [3.8, 4) is 0 Å². The van der Waals surface area contributed by atoms with Crippen LogP contribution in [0.1, 0.15) is 32.6 Å². The normalized spacial score (nSPS) is 16.0. The summed E-state index contributed by atoms with van der Waals surface area (Å²) in [6.45, 7) is 0. The average Bonchev–Trinajstić information content (AvgIpc) is 3.01. The summed E-state index contributed by atoms with van der Waals surface area (Å²) in [5, 5.41) is 15.0. The number of aliphatic hydroxyl groups is 1. The fraction of sp³-hybridized carbons (Fsp3) is 0.0278. The van der Waals surface area contributed by atoms with Crippen molar-refractivity contribution in [1.29, 1.82) is 0 Å². The van der Waals surface area contributed by atoms with Crippen LogP contribution >= 0.6 is 0 Å². The van der Waals surface area contributed by atoms with Gasteiger partial charge in [-0.25, -0.2) is 0 Å². The minimum Gasteiger partial charge on any atom is -0.376 e. The zero-order valence-corrected chi connectivity index (χ0v) is 21.2. The van der Waals surface area contributed by atoms with Crippen molar-refractivity contribution in [2.24, 2.45) is 0 Å². The molecule has 1 aliphatic rings. The van der Waals surface area contributed by atoms with Gasteiger partial charge in [0.15, 0.2) is 5.78 Å². The van der Waals surface area contributed by atoms with Crippen molar-refractivity contribution in [3.05, 3.63) is 173 Å². The molecule has 0 heterocycles. The summed E-state index contributed by atoms with van der Waals surface area (Å²) in [5.41, 5.74) is 4.14. The van der Waals surface area contributed by atoms with Crippen LogP contribution in [0.2, 0.25) is 0 Å². The Kier molecular flexibility index (Phi) is 5.39. The Morgan fingerprint density at radius 1 is 0.487 bits per heavy atom. The lowest BCUT2D eigenvalue weighted by molar-refractivity contribution is 0.0951. The Labute approximate surface area is 227 Å². The first-order valence-electron chi connectivity index (χ1n) is 13.1. The zero-order chi connectivity index (χ0) is 26.4. The van der Waals surface area contributed by atoms with Crippen molar-refractivity contribution >= 4 is 33.6 Å². The maximum atomic E-state index is 13.8.